The summed E-state index contributed by atoms with van der Waals surface area (Å²) in [4.78, 5) is 11.2. The Morgan fingerprint density at radius 2 is 2.22 bits per heavy atom. The van der Waals surface area contributed by atoms with E-state index in [1.54, 1.807) is 12.7 Å². The molecule has 90 valence electrons. The number of nitrogens with one attached hydrogen (secondary N) is 2. The molecule has 2 heterocycles. The van der Waals surface area contributed by atoms with Gasteiger partial charge in [0.15, 0.2) is 11.1 Å². The number of benzene rings is 1. The Labute approximate surface area is 108 Å². The van der Waals surface area contributed by atoms with Crippen molar-refractivity contribution in [1.29, 1.82) is 5.41 Å². The molecule has 0 amide bonds. The summed E-state index contributed by atoms with van der Waals surface area (Å²) in [5, 5.41) is 8.38. The fraction of sp³-hybridized carbons (Fsp3) is 0.0833. The lowest BCUT2D eigenvalue weighted by Crippen LogP contribution is -2.13. The lowest BCUT2D eigenvalue weighted by Gasteiger charge is -2.07. The number of H-pyrrole nitrogens is 1. The number of halogens is 1. The molecule has 18 heavy (non-hydrogen) atoms. The number of hydrogen-bond donors (Lipinski definition) is 2. The summed E-state index contributed by atoms with van der Waals surface area (Å²) >= 11 is 5.96. The van der Waals surface area contributed by atoms with Crippen molar-refractivity contribution in [3.8, 4) is 0 Å². The maximum absolute atomic E-state index is 7.67. The smallest absolute Gasteiger partial charge is 0.173 e. The van der Waals surface area contributed by atoms with E-state index < -0.39 is 0 Å². The number of rotatable bonds is 2. The third-order valence-corrected chi connectivity index (χ3v) is 2.93. The van der Waals surface area contributed by atoms with E-state index in [0.29, 0.717) is 17.1 Å². The highest BCUT2D eigenvalue weighted by atomic mass is 35.5. The molecule has 0 aliphatic rings. The van der Waals surface area contributed by atoms with Crippen molar-refractivity contribution >= 4 is 22.8 Å². The standard InChI is InChI=1S/C12H10ClN5/c13-9-3-1-2-8(4-9)5-18-7-17-11(14)10-12(18)16-6-15-10/h1-4,6-7,14H,5H2,(H,15,16). The second kappa shape index (κ2) is 4.27. The van der Waals surface area contributed by atoms with Crippen molar-refractivity contribution in [2.75, 3.05) is 0 Å². The van der Waals surface area contributed by atoms with Gasteiger partial charge in [-0.2, -0.15) is 0 Å². The number of hydrogen-bond acceptors (Lipinski definition) is 3. The molecule has 3 aromatic rings. The molecule has 0 radical (unpaired) electrons. The minimum absolute atomic E-state index is 0.199. The highest BCUT2D eigenvalue weighted by molar-refractivity contribution is 6.30. The third kappa shape index (κ3) is 1.89. The van der Waals surface area contributed by atoms with E-state index in [0.717, 1.165) is 11.2 Å². The molecule has 0 aliphatic carbocycles. The molecular weight excluding hydrogens is 250 g/mol. The highest BCUT2D eigenvalue weighted by Gasteiger charge is 2.05. The Bertz CT molecular complexity index is 758. The van der Waals surface area contributed by atoms with Gasteiger partial charge in [0.2, 0.25) is 0 Å². The first-order valence-corrected chi connectivity index (χ1v) is 5.79. The second-order valence-electron chi connectivity index (χ2n) is 3.95. The van der Waals surface area contributed by atoms with E-state index in [4.69, 9.17) is 17.0 Å². The van der Waals surface area contributed by atoms with Crippen molar-refractivity contribution in [3.63, 3.8) is 0 Å². The van der Waals surface area contributed by atoms with Crippen LogP contribution in [-0.2, 0) is 6.54 Å². The van der Waals surface area contributed by atoms with Crippen LogP contribution in [0.1, 0.15) is 5.56 Å². The van der Waals surface area contributed by atoms with Gasteiger partial charge in [-0.3, -0.25) is 5.41 Å². The maximum atomic E-state index is 7.67. The molecule has 0 saturated heterocycles. The predicted octanol–water partition coefficient (Wildman–Crippen LogP) is 1.94. The summed E-state index contributed by atoms with van der Waals surface area (Å²) in [5.74, 6) is 0. The zero-order valence-electron chi connectivity index (χ0n) is 9.39. The summed E-state index contributed by atoms with van der Waals surface area (Å²) in [6, 6.07) is 7.64. The number of nitrogens with zero attached hydrogens (tertiary/aromatic N) is 3. The molecule has 0 bridgehead atoms. The second-order valence-corrected chi connectivity index (χ2v) is 4.39. The zero-order chi connectivity index (χ0) is 12.5. The Kier molecular flexibility index (Phi) is 2.60. The van der Waals surface area contributed by atoms with Gasteiger partial charge in [-0.1, -0.05) is 23.7 Å². The van der Waals surface area contributed by atoms with Gasteiger partial charge in [0, 0.05) is 5.02 Å². The zero-order valence-corrected chi connectivity index (χ0v) is 10.1. The van der Waals surface area contributed by atoms with E-state index in [-0.39, 0.29) is 5.49 Å². The van der Waals surface area contributed by atoms with Crippen molar-refractivity contribution in [3.05, 3.63) is 53.0 Å². The molecule has 3 rings (SSSR count). The van der Waals surface area contributed by atoms with Crippen LogP contribution in [-0.4, -0.2) is 19.5 Å². The van der Waals surface area contributed by atoms with Crippen LogP contribution in [0.25, 0.3) is 11.2 Å². The maximum Gasteiger partial charge on any atom is 0.173 e. The van der Waals surface area contributed by atoms with E-state index in [2.05, 4.69) is 15.0 Å². The third-order valence-electron chi connectivity index (χ3n) is 2.70. The Hall–Kier alpha value is -2.14. The van der Waals surface area contributed by atoms with Crippen molar-refractivity contribution in [2.45, 2.75) is 6.54 Å². The van der Waals surface area contributed by atoms with Gasteiger partial charge in [0.25, 0.3) is 0 Å². The summed E-state index contributed by atoms with van der Waals surface area (Å²) in [6.45, 7) is 0.620. The van der Waals surface area contributed by atoms with Crippen LogP contribution < -0.4 is 5.49 Å². The van der Waals surface area contributed by atoms with Crippen LogP contribution in [0.3, 0.4) is 0 Å². The molecule has 0 atom stereocenters. The minimum Gasteiger partial charge on any atom is -0.340 e. The number of aromatic nitrogens is 4. The van der Waals surface area contributed by atoms with Gasteiger partial charge in [-0.25, -0.2) is 9.97 Å². The minimum atomic E-state index is 0.199. The van der Waals surface area contributed by atoms with Gasteiger partial charge in [0.05, 0.1) is 19.2 Å². The van der Waals surface area contributed by atoms with Crippen LogP contribution in [0.2, 0.25) is 5.02 Å². The predicted molar refractivity (Wildman–Crippen MR) is 68.3 cm³/mol. The molecule has 0 fully saturated rings. The van der Waals surface area contributed by atoms with Crippen LogP contribution in [0.15, 0.2) is 36.9 Å². The molecule has 0 unspecified atom stereocenters. The van der Waals surface area contributed by atoms with Crippen molar-refractivity contribution in [1.82, 2.24) is 19.5 Å². The average molecular weight is 260 g/mol. The lowest BCUT2D eigenvalue weighted by molar-refractivity contribution is 0.784. The topological polar surface area (TPSA) is 70.3 Å². The van der Waals surface area contributed by atoms with Crippen LogP contribution >= 0.6 is 11.6 Å². The average Bonchev–Trinajstić information content (AvgIpc) is 2.83. The van der Waals surface area contributed by atoms with Gasteiger partial charge >= 0.3 is 0 Å². The fourth-order valence-corrected chi connectivity index (χ4v) is 2.09. The van der Waals surface area contributed by atoms with Crippen LogP contribution in [0, 0.1) is 5.41 Å². The van der Waals surface area contributed by atoms with Crippen molar-refractivity contribution in [2.24, 2.45) is 0 Å². The highest BCUT2D eigenvalue weighted by Crippen LogP contribution is 2.13. The number of imidazole rings is 1. The number of fused-ring (bicyclic) bond motifs is 1. The Balaban J connectivity index is 2.08. The molecule has 6 heteroatoms. The first kappa shape index (κ1) is 11.0. The molecule has 0 aliphatic heterocycles. The van der Waals surface area contributed by atoms with E-state index >= 15 is 0 Å². The monoisotopic (exact) mass is 259 g/mol. The summed E-state index contributed by atoms with van der Waals surface area (Å²) < 4.78 is 1.88. The molecule has 0 spiro atoms. The first-order chi connectivity index (χ1) is 8.74. The normalized spacial score (nSPS) is 10.9. The Morgan fingerprint density at radius 1 is 1.33 bits per heavy atom. The first-order valence-electron chi connectivity index (χ1n) is 5.41. The lowest BCUT2D eigenvalue weighted by atomic mass is 10.2. The molecule has 2 N–H and O–H groups in total. The number of aromatic amines is 1. The summed E-state index contributed by atoms with van der Waals surface area (Å²) in [6.07, 6.45) is 3.19. The van der Waals surface area contributed by atoms with Crippen molar-refractivity contribution < 1.29 is 0 Å². The molecule has 1 aromatic carbocycles. The quantitative estimate of drug-likeness (QED) is 0.738. The van der Waals surface area contributed by atoms with Crippen LogP contribution in [0.4, 0.5) is 0 Å². The van der Waals surface area contributed by atoms with E-state index in [1.807, 2.05) is 28.8 Å². The Morgan fingerprint density at radius 3 is 3.06 bits per heavy atom. The van der Waals surface area contributed by atoms with Gasteiger partial charge < -0.3 is 9.55 Å². The van der Waals surface area contributed by atoms with Crippen LogP contribution in [0.5, 0.6) is 0 Å². The van der Waals surface area contributed by atoms with E-state index in [1.165, 1.54) is 0 Å². The van der Waals surface area contributed by atoms with Gasteiger partial charge in [-0.05, 0) is 17.7 Å². The van der Waals surface area contributed by atoms with Gasteiger partial charge in [-0.15, -0.1) is 0 Å². The molecule has 0 saturated carbocycles. The summed E-state index contributed by atoms with van der Waals surface area (Å²) in [5.41, 5.74) is 2.62. The molecule has 5 nitrogen and oxygen atoms in total. The SMILES string of the molecule is N=c1ncn(Cc2cccc(Cl)c2)c2nc[nH]c12. The summed E-state index contributed by atoms with van der Waals surface area (Å²) in [7, 11) is 0. The largest absolute Gasteiger partial charge is 0.340 e. The van der Waals surface area contributed by atoms with E-state index in [9.17, 15) is 0 Å². The van der Waals surface area contributed by atoms with Gasteiger partial charge in [0.1, 0.15) is 5.52 Å². The fourth-order valence-electron chi connectivity index (χ4n) is 1.87. The molecule has 2 aromatic heterocycles. The molecular formula is C12H10ClN5.